The van der Waals surface area contributed by atoms with Gasteiger partial charge in [0.05, 0.1) is 25.9 Å². The van der Waals surface area contributed by atoms with Gasteiger partial charge in [-0.15, -0.1) is 11.8 Å². The Balaban J connectivity index is 1.87. The van der Waals surface area contributed by atoms with Crippen molar-refractivity contribution < 1.29 is 9.47 Å². The van der Waals surface area contributed by atoms with E-state index in [1.165, 1.54) is 10.5 Å². The summed E-state index contributed by atoms with van der Waals surface area (Å²) in [4.78, 5) is 3.65. The predicted octanol–water partition coefficient (Wildman–Crippen LogP) is 2.26. The summed E-state index contributed by atoms with van der Waals surface area (Å²) in [6.07, 6.45) is 2.34. The molecule has 0 radical (unpaired) electrons. The second-order valence-electron chi connectivity index (χ2n) is 4.58. The van der Waals surface area contributed by atoms with Crippen molar-refractivity contribution in [1.82, 2.24) is 4.90 Å². The molecule has 4 heteroatoms. The molecule has 1 aliphatic heterocycles. The molecule has 1 atom stereocenters. The Kier molecular flexibility index (Phi) is 5.50. The van der Waals surface area contributed by atoms with E-state index in [1.54, 1.807) is 11.8 Å². The Morgan fingerprint density at radius 2 is 2.17 bits per heavy atom. The van der Waals surface area contributed by atoms with Gasteiger partial charge in [-0.05, 0) is 24.9 Å². The molecule has 0 spiro atoms. The van der Waals surface area contributed by atoms with Gasteiger partial charge in [0.25, 0.3) is 0 Å². The second-order valence-corrected chi connectivity index (χ2v) is 5.42. The van der Waals surface area contributed by atoms with E-state index in [9.17, 15) is 0 Å². The van der Waals surface area contributed by atoms with Crippen LogP contribution >= 0.6 is 11.8 Å². The van der Waals surface area contributed by atoms with Crippen LogP contribution in [0.25, 0.3) is 0 Å². The van der Waals surface area contributed by atoms with Crippen LogP contribution in [0.5, 0.6) is 0 Å². The van der Waals surface area contributed by atoms with Gasteiger partial charge in [-0.3, -0.25) is 4.90 Å². The number of nitrogens with zero attached hydrogens (tertiary/aromatic N) is 1. The van der Waals surface area contributed by atoms with Crippen LogP contribution < -0.4 is 0 Å². The van der Waals surface area contributed by atoms with E-state index in [0.717, 1.165) is 26.3 Å². The fourth-order valence-corrected chi connectivity index (χ4v) is 2.79. The summed E-state index contributed by atoms with van der Waals surface area (Å²) < 4.78 is 11.1. The van der Waals surface area contributed by atoms with Crippen LogP contribution in [0.1, 0.15) is 5.56 Å². The van der Waals surface area contributed by atoms with Crippen LogP contribution in [0.2, 0.25) is 0 Å². The quantitative estimate of drug-likeness (QED) is 0.763. The third-order valence-corrected chi connectivity index (χ3v) is 3.87. The molecular weight excluding hydrogens is 246 g/mol. The molecule has 100 valence electrons. The molecule has 0 aromatic heterocycles. The zero-order chi connectivity index (χ0) is 12.8. The molecule has 18 heavy (non-hydrogen) atoms. The average Bonchev–Trinajstić information content (AvgIpc) is 2.40. The number of ether oxygens (including phenoxy) is 2. The molecule has 0 N–H and O–H groups in total. The molecule has 1 fully saturated rings. The molecular formula is C14H21NO2S. The standard InChI is InChI=1S/C14H21NO2S/c1-15(10-13-11-16-7-8-17-13)9-12-5-3-4-6-14(12)18-2/h3-6,13H,7-11H2,1-2H3. The third kappa shape index (κ3) is 3.99. The first-order valence-electron chi connectivity index (χ1n) is 6.29. The van der Waals surface area contributed by atoms with Crippen LogP contribution in [-0.2, 0) is 16.0 Å². The van der Waals surface area contributed by atoms with Gasteiger partial charge in [-0.2, -0.15) is 0 Å². The lowest BCUT2D eigenvalue weighted by Crippen LogP contribution is -2.38. The summed E-state index contributed by atoms with van der Waals surface area (Å²) in [5.41, 5.74) is 1.38. The average molecular weight is 267 g/mol. The fraction of sp³-hybridized carbons (Fsp3) is 0.571. The number of hydrogen-bond donors (Lipinski definition) is 0. The number of thioether (sulfide) groups is 1. The van der Waals surface area contributed by atoms with Crippen molar-refractivity contribution in [3.05, 3.63) is 29.8 Å². The maximum atomic E-state index is 5.67. The van der Waals surface area contributed by atoms with Crippen molar-refractivity contribution in [3.63, 3.8) is 0 Å². The fourth-order valence-electron chi connectivity index (χ4n) is 2.18. The summed E-state index contributed by atoms with van der Waals surface area (Å²) in [5, 5.41) is 0. The minimum atomic E-state index is 0.213. The van der Waals surface area contributed by atoms with Gasteiger partial charge < -0.3 is 9.47 Å². The Bertz CT molecular complexity index is 367. The van der Waals surface area contributed by atoms with E-state index in [0.29, 0.717) is 6.61 Å². The number of likely N-dealkylation sites (N-methyl/N-ethyl adjacent to an activating group) is 1. The maximum Gasteiger partial charge on any atom is 0.0936 e. The predicted molar refractivity (Wildman–Crippen MR) is 75.1 cm³/mol. The molecule has 1 aromatic rings. The van der Waals surface area contributed by atoms with Gasteiger partial charge in [-0.25, -0.2) is 0 Å². The van der Waals surface area contributed by atoms with Gasteiger partial charge in [0.2, 0.25) is 0 Å². The van der Waals surface area contributed by atoms with Crippen LogP contribution in [-0.4, -0.2) is 50.7 Å². The SMILES string of the molecule is CSc1ccccc1CN(C)CC1COCCO1. The van der Waals surface area contributed by atoms with Crippen molar-refractivity contribution in [2.24, 2.45) is 0 Å². The van der Waals surface area contributed by atoms with Crippen LogP contribution in [0.4, 0.5) is 0 Å². The molecule has 3 nitrogen and oxygen atoms in total. The lowest BCUT2D eigenvalue weighted by atomic mass is 10.2. The third-order valence-electron chi connectivity index (χ3n) is 3.03. The Labute approximate surface area is 113 Å². The monoisotopic (exact) mass is 267 g/mol. The van der Waals surface area contributed by atoms with E-state index in [1.807, 2.05) is 0 Å². The topological polar surface area (TPSA) is 21.7 Å². The first-order chi connectivity index (χ1) is 8.79. The smallest absolute Gasteiger partial charge is 0.0936 e. The van der Waals surface area contributed by atoms with Gasteiger partial charge in [0.1, 0.15) is 0 Å². The highest BCUT2D eigenvalue weighted by Crippen LogP contribution is 2.21. The van der Waals surface area contributed by atoms with E-state index in [4.69, 9.17) is 9.47 Å². The summed E-state index contributed by atoms with van der Waals surface area (Å²) in [6.45, 7) is 4.05. The van der Waals surface area contributed by atoms with Crippen LogP contribution in [0.3, 0.4) is 0 Å². The zero-order valence-corrected chi connectivity index (χ0v) is 11.9. The van der Waals surface area contributed by atoms with Gasteiger partial charge in [0, 0.05) is 18.0 Å². The summed E-state index contributed by atoms with van der Waals surface area (Å²) in [7, 11) is 2.13. The van der Waals surface area contributed by atoms with Gasteiger partial charge >= 0.3 is 0 Å². The first kappa shape index (κ1) is 13.9. The number of benzene rings is 1. The highest BCUT2D eigenvalue weighted by molar-refractivity contribution is 7.98. The molecule has 1 aromatic carbocycles. The summed E-state index contributed by atoms with van der Waals surface area (Å²) in [6, 6.07) is 8.56. The molecule has 0 bridgehead atoms. The molecule has 0 saturated carbocycles. The Morgan fingerprint density at radius 1 is 1.33 bits per heavy atom. The van der Waals surface area contributed by atoms with Crippen molar-refractivity contribution >= 4 is 11.8 Å². The molecule has 0 amide bonds. The highest BCUT2D eigenvalue weighted by atomic mass is 32.2. The minimum absolute atomic E-state index is 0.213. The molecule has 2 rings (SSSR count). The first-order valence-corrected chi connectivity index (χ1v) is 7.52. The van der Waals surface area contributed by atoms with Crippen LogP contribution in [0.15, 0.2) is 29.2 Å². The van der Waals surface area contributed by atoms with E-state index in [-0.39, 0.29) is 6.10 Å². The van der Waals surface area contributed by atoms with Crippen molar-refractivity contribution in [2.45, 2.75) is 17.5 Å². The summed E-state index contributed by atoms with van der Waals surface area (Å²) in [5.74, 6) is 0. The summed E-state index contributed by atoms with van der Waals surface area (Å²) >= 11 is 1.80. The van der Waals surface area contributed by atoms with E-state index >= 15 is 0 Å². The van der Waals surface area contributed by atoms with Crippen molar-refractivity contribution in [3.8, 4) is 0 Å². The zero-order valence-electron chi connectivity index (χ0n) is 11.1. The Hall–Kier alpha value is -0.550. The molecule has 1 saturated heterocycles. The van der Waals surface area contributed by atoms with Gasteiger partial charge in [-0.1, -0.05) is 18.2 Å². The lowest BCUT2D eigenvalue weighted by molar-refractivity contribution is -0.0963. The maximum absolute atomic E-state index is 5.67. The van der Waals surface area contributed by atoms with E-state index < -0.39 is 0 Å². The second kappa shape index (κ2) is 7.14. The lowest BCUT2D eigenvalue weighted by Gasteiger charge is -2.27. The van der Waals surface area contributed by atoms with Crippen molar-refractivity contribution in [2.75, 3.05) is 39.7 Å². The number of hydrogen-bond acceptors (Lipinski definition) is 4. The largest absolute Gasteiger partial charge is 0.376 e. The normalized spacial score (nSPS) is 20.3. The molecule has 1 unspecified atom stereocenters. The van der Waals surface area contributed by atoms with Gasteiger partial charge in [0.15, 0.2) is 0 Å². The van der Waals surface area contributed by atoms with Crippen LogP contribution in [0, 0.1) is 0 Å². The molecule has 1 heterocycles. The van der Waals surface area contributed by atoms with E-state index in [2.05, 4.69) is 42.5 Å². The molecule has 0 aliphatic carbocycles. The van der Waals surface area contributed by atoms with Crippen molar-refractivity contribution in [1.29, 1.82) is 0 Å². The minimum Gasteiger partial charge on any atom is -0.376 e. The molecule has 1 aliphatic rings. The highest BCUT2D eigenvalue weighted by Gasteiger charge is 2.16. The number of rotatable bonds is 5. The Morgan fingerprint density at radius 3 is 2.89 bits per heavy atom.